The van der Waals surface area contributed by atoms with E-state index in [0.29, 0.717) is 79.6 Å². The fraction of sp³-hybridized carbons (Fsp3) is 0.500. The highest BCUT2D eigenvalue weighted by Gasteiger charge is 2.39. The lowest BCUT2D eigenvalue weighted by molar-refractivity contribution is -0.131. The van der Waals surface area contributed by atoms with Gasteiger partial charge in [0.05, 0.1) is 61.2 Å². The standard InChI is InChI=1S/5C16H20N6O/c5*1-11-5-7-22(14(23)8-17-2)9-13(11)21(3)16-12-4-6-18-15(12)19-10-20-16/h5*4,6,10-11,13H,5,7-9H2,1,3H3,(H,18,19,20)/t5*11-,13+/m11111/s1/i8D2,10D,11D,13D;1D3,8D2,10D,13D;1D3,8D2,10D,11D;8D2,10D,13D;8D2,10D,11D. The molecule has 0 aliphatic carbocycles. The van der Waals surface area contributed by atoms with Gasteiger partial charge in [-0.25, -0.2) is 82.7 Å². The molecule has 0 saturated carbocycles. The first-order valence-corrected chi connectivity index (χ1v) is 35.9. The van der Waals surface area contributed by atoms with Gasteiger partial charge < -0.3 is 98.1 Å². The number of carbonyl (C=O) groups is 5. The highest BCUT2D eigenvalue weighted by Crippen LogP contribution is 2.35. The molecule has 5 saturated heterocycles. The summed E-state index contributed by atoms with van der Waals surface area (Å²) >= 11 is 0. The number of carbonyl (C=O) groups excluding carboxylic acids is 5. The topological polar surface area (TPSA) is 347 Å². The third-order valence-corrected chi connectivity index (χ3v) is 20.4. The van der Waals surface area contributed by atoms with Crippen LogP contribution in [0.2, 0.25) is 0 Å². The van der Waals surface area contributed by atoms with Crippen molar-refractivity contribution in [3.8, 4) is 0 Å². The molecule has 10 atom stereocenters. The highest BCUT2D eigenvalue weighted by atomic mass is 16.2. The number of fused-ring (bicyclic) bond motifs is 5. The normalized spacial score (nSPS) is 29.3. The number of nitrogens with zero attached hydrogens (tertiary/aromatic N) is 25. The van der Waals surface area contributed by atoms with E-state index in [1.54, 1.807) is 106 Å². The van der Waals surface area contributed by atoms with Crippen molar-refractivity contribution in [1.82, 2.24) is 99.3 Å². The number of hydrogen-bond acceptors (Lipinski definition) is 20. The number of anilines is 5. The number of hydrogen-bond donors (Lipinski definition) is 5. The van der Waals surface area contributed by atoms with E-state index in [1.807, 2.05) is 6.92 Å². The van der Waals surface area contributed by atoms with Crippen LogP contribution in [0.15, 0.2) is 92.8 Å². The highest BCUT2D eigenvalue weighted by molar-refractivity contribution is 5.91. The van der Waals surface area contributed by atoms with Crippen LogP contribution in [-0.4, -0.2) is 292 Å². The molecule has 10 aromatic rings. The van der Waals surface area contributed by atoms with Crippen LogP contribution >= 0.6 is 0 Å². The molecule has 0 bridgehead atoms. The molecule has 600 valence electrons. The lowest BCUT2D eigenvalue weighted by Gasteiger charge is -2.41. The zero-order valence-electron chi connectivity index (χ0n) is 90.9. The molecule has 35 heteroatoms. The lowest BCUT2D eigenvalue weighted by atomic mass is 9.92. The number of aromatic amines is 5. The molecule has 5 aliphatic heterocycles. The van der Waals surface area contributed by atoms with Crippen LogP contribution in [-0.2, 0) is 24.0 Å². The van der Waals surface area contributed by atoms with Crippen molar-refractivity contribution < 1.29 is 61.0 Å². The fourth-order valence-corrected chi connectivity index (χ4v) is 13.9. The molecule has 115 heavy (non-hydrogen) atoms. The Balaban J connectivity index is 0.000000170. The van der Waals surface area contributed by atoms with Gasteiger partial charge in [0.1, 0.15) is 109 Å². The SMILES string of the molecule is [2H]c1nc(N(C)[C@@]2([2H])CN(C(=O)C([2H])([2H])[N+]#[C-])CC[C@@]2([2H])C)c2cc[nH]c2n1.[2H]c1nc(N(C)[C@@]2([2H])CN(C(=O)C([2H])([2H])[N+]#[C-])CC[C@H]2C([2H])([2H])[2H])c2cc[nH]c2n1.[2H]c1nc(N(C)[C@@]2([2H])CN(C(=O)C([2H])([2H])[N+]#[C-])CC[C@H]2C)c2cc[nH]c2n1.[2H]c1nc(N(C)[C@H]2CN(C(=O)C([2H])([2H])[N+]#[C-])CC[C@@]2([2H])C([2H])([2H])[2H])c2cc[nH]c2n1.[2H]c1nc(N(C)[C@H]2CN(C(=O)C([2H])([2H])[N+]#[C-])CC[C@@]2([2H])C)c2cc[nH]c2n1. The lowest BCUT2D eigenvalue weighted by Crippen LogP contribution is -2.53. The average Bonchev–Trinajstić information content (AvgIpc) is 1.01. The minimum absolute atomic E-state index is 0.0677. The largest absolute Gasteiger partial charge is 0.354 e. The number of likely N-dealkylation sites (N-methyl/N-ethyl adjacent to an activating group) is 5. The van der Waals surface area contributed by atoms with Crippen LogP contribution in [0.25, 0.3) is 79.4 Å². The molecule has 0 spiro atoms. The molecule has 15 rings (SSSR count). The van der Waals surface area contributed by atoms with Gasteiger partial charge in [-0.2, -0.15) is 0 Å². The maximum atomic E-state index is 12.5. The number of rotatable bonds is 15. The molecule has 5 N–H and O–H groups in total. The van der Waals surface area contributed by atoms with Gasteiger partial charge in [-0.1, -0.05) is 34.5 Å². The fourth-order valence-electron chi connectivity index (χ4n) is 13.9. The van der Waals surface area contributed by atoms with E-state index in [-0.39, 0.29) is 133 Å². The minimum Gasteiger partial charge on any atom is -0.354 e. The Morgan fingerprint density at radius 2 is 0.643 bits per heavy atom. The second-order valence-electron chi connectivity index (χ2n) is 27.0. The second kappa shape index (κ2) is 38.4. The summed E-state index contributed by atoms with van der Waals surface area (Å²) in [5, 5.41) is 2.92. The van der Waals surface area contributed by atoms with Crippen LogP contribution in [0.4, 0.5) is 29.1 Å². The van der Waals surface area contributed by atoms with Gasteiger partial charge in [-0.3, -0.25) is 24.0 Å². The van der Waals surface area contributed by atoms with E-state index in [2.05, 4.69) is 99.0 Å². The molecule has 0 aromatic carbocycles. The molecule has 15 heterocycles. The zero-order chi connectivity index (χ0) is 106. The average molecular weight is 1590 g/mol. The van der Waals surface area contributed by atoms with Crippen molar-refractivity contribution in [1.29, 1.82) is 0 Å². The molecule has 5 amide bonds. The summed E-state index contributed by atoms with van der Waals surface area (Å²) in [6, 6.07) is 2.05. The van der Waals surface area contributed by atoms with Gasteiger partial charge in [-0.05, 0) is 92.0 Å². The van der Waals surface area contributed by atoms with Crippen molar-refractivity contribution in [2.75, 3.05) is 158 Å². The van der Waals surface area contributed by atoms with Crippen LogP contribution in [0.1, 0.15) is 104 Å². The van der Waals surface area contributed by atoms with E-state index in [9.17, 15) is 24.0 Å². The molecule has 5 fully saturated rings. The van der Waals surface area contributed by atoms with Crippen molar-refractivity contribution in [3.63, 3.8) is 0 Å². The smallest absolute Gasteiger partial charge is 0.302 e. The minimum atomic E-state index is -2.80. The summed E-state index contributed by atoms with van der Waals surface area (Å²) < 4.78 is 216. The van der Waals surface area contributed by atoms with Crippen LogP contribution in [0.5, 0.6) is 0 Å². The van der Waals surface area contributed by atoms with Crippen molar-refractivity contribution in [2.45, 2.75) is 96.7 Å². The second-order valence-corrected chi connectivity index (χ2v) is 27.0. The Morgan fingerprint density at radius 1 is 0.383 bits per heavy atom. The predicted octanol–water partition coefficient (Wildman–Crippen LogP) is 7.75. The van der Waals surface area contributed by atoms with Crippen molar-refractivity contribution in [3.05, 3.63) is 150 Å². The molecule has 5 aliphatic rings. The van der Waals surface area contributed by atoms with Gasteiger partial charge in [0.25, 0.3) is 32.5 Å². The number of likely N-dealkylation sites (tertiary alicyclic amines) is 5. The summed E-state index contributed by atoms with van der Waals surface area (Å²) in [5.74, 6) is -9.06. The molecule has 0 radical (unpaired) electrons. The van der Waals surface area contributed by atoms with E-state index < -0.39 is 136 Å². The van der Waals surface area contributed by atoms with Gasteiger partial charge in [0.2, 0.25) is 0 Å². The monoisotopic (exact) mass is 1590 g/mol. The number of nitrogens with one attached hydrogen (secondary N) is 5. The number of aromatic nitrogens is 15. The Hall–Kier alpha value is -13.1. The summed E-state index contributed by atoms with van der Waals surface area (Å²) in [6.45, 7) is 20.4. The van der Waals surface area contributed by atoms with E-state index >= 15 is 0 Å². The third kappa shape index (κ3) is 19.2. The van der Waals surface area contributed by atoms with Gasteiger partial charge in [-0.15, -0.1) is 0 Å². The quantitative estimate of drug-likeness (QED) is 0.0612. The van der Waals surface area contributed by atoms with Gasteiger partial charge in [0, 0.05) is 144 Å². The molecular weight excluding hydrogens is 1460 g/mol. The maximum absolute atomic E-state index is 12.5. The molecule has 35 nitrogen and oxygen atoms in total. The first-order chi connectivity index (χ1) is 65.7. The van der Waals surface area contributed by atoms with Gasteiger partial charge >= 0.3 is 29.5 Å². The summed E-state index contributed by atoms with van der Waals surface area (Å²) in [4.78, 5) is 144. The first-order valence-electron chi connectivity index (χ1n) is 49.4. The summed E-state index contributed by atoms with van der Waals surface area (Å²) in [7, 11) is 7.95. The van der Waals surface area contributed by atoms with Crippen LogP contribution in [0.3, 0.4) is 0 Å². The van der Waals surface area contributed by atoms with E-state index in [4.69, 9.17) is 69.9 Å². The zero-order valence-corrected chi connectivity index (χ0v) is 63.9. The van der Waals surface area contributed by atoms with Crippen LogP contribution in [0, 0.1) is 62.4 Å². The maximum Gasteiger partial charge on any atom is 0.302 e. The third-order valence-electron chi connectivity index (χ3n) is 20.4. The predicted molar refractivity (Wildman–Crippen MR) is 440 cm³/mol. The number of H-pyrrole nitrogens is 5. The molecule has 10 aromatic heterocycles. The first kappa shape index (κ1) is 53.8. The van der Waals surface area contributed by atoms with E-state index in [1.165, 1.54) is 38.6 Å². The van der Waals surface area contributed by atoms with Crippen LogP contribution < -0.4 is 24.5 Å². The molecule has 0 unspecified atom stereocenters. The Bertz CT molecular complexity index is 6660. The van der Waals surface area contributed by atoms with E-state index in [0.717, 1.165) is 14.7 Å². The number of amides is 5. The Kier molecular flexibility index (Phi) is 18.0. The Labute approximate surface area is 706 Å². The number of piperidine rings is 5. The summed E-state index contributed by atoms with van der Waals surface area (Å²) in [6.07, 6.45) is 7.56. The molecular formula is C80H100N30O5. The van der Waals surface area contributed by atoms with Crippen molar-refractivity contribution >= 4 is 114 Å². The van der Waals surface area contributed by atoms with Gasteiger partial charge in [0.15, 0.2) is 0 Å². The Morgan fingerprint density at radius 3 is 0.965 bits per heavy atom. The van der Waals surface area contributed by atoms with Crippen molar-refractivity contribution in [2.24, 2.45) is 29.5 Å². The summed E-state index contributed by atoms with van der Waals surface area (Å²) in [5.41, 5.74) is 2.14.